The van der Waals surface area contributed by atoms with Gasteiger partial charge in [-0.2, -0.15) is 0 Å². The van der Waals surface area contributed by atoms with Crippen molar-refractivity contribution in [2.75, 3.05) is 6.54 Å². The molecule has 3 rings (SSSR count). The van der Waals surface area contributed by atoms with Crippen LogP contribution in [-0.2, 0) is 6.61 Å². The van der Waals surface area contributed by atoms with Crippen molar-refractivity contribution in [3.8, 4) is 5.88 Å². The number of carbonyl (C=O) groups excluding carboxylic acids is 1. The highest BCUT2D eigenvalue weighted by atomic mass is 19.1. The van der Waals surface area contributed by atoms with Crippen LogP contribution in [0.25, 0.3) is 0 Å². The third-order valence-electron chi connectivity index (χ3n) is 4.86. The molecule has 1 amide bonds. The molecule has 0 spiro atoms. The maximum atomic E-state index is 13.2. The summed E-state index contributed by atoms with van der Waals surface area (Å²) in [6, 6.07) is 9.68. The number of benzene rings is 1. The van der Waals surface area contributed by atoms with Crippen LogP contribution >= 0.6 is 0 Å². The van der Waals surface area contributed by atoms with Gasteiger partial charge in [-0.25, -0.2) is 9.37 Å². The third-order valence-corrected chi connectivity index (χ3v) is 4.86. The van der Waals surface area contributed by atoms with Gasteiger partial charge in [0.15, 0.2) is 0 Å². The maximum absolute atomic E-state index is 13.2. The fourth-order valence-electron chi connectivity index (χ4n) is 3.37. The monoisotopic (exact) mass is 416 g/mol. The lowest BCUT2D eigenvalue weighted by Gasteiger charge is -2.21. The minimum atomic E-state index is -0.291. The number of hydrogen-bond acceptors (Lipinski definition) is 3. The number of carbonyl (C=O) groups is 1. The van der Waals surface area contributed by atoms with Crippen molar-refractivity contribution >= 4 is 5.91 Å². The van der Waals surface area contributed by atoms with Gasteiger partial charge in [0.25, 0.3) is 5.91 Å². The van der Waals surface area contributed by atoms with Gasteiger partial charge in [-0.3, -0.25) is 4.79 Å². The van der Waals surface area contributed by atoms with E-state index in [1.807, 2.05) is 27.7 Å². The summed E-state index contributed by atoms with van der Waals surface area (Å²) in [4.78, 5) is 16.8. The minimum absolute atomic E-state index is 0.0859. The molecule has 1 aromatic heterocycles. The molecule has 1 heterocycles. The van der Waals surface area contributed by atoms with Crippen molar-refractivity contribution in [3.05, 3.63) is 59.0 Å². The van der Waals surface area contributed by atoms with Gasteiger partial charge in [-0.15, -0.1) is 0 Å². The topological polar surface area (TPSA) is 51.2 Å². The predicted molar refractivity (Wildman–Crippen MR) is 121 cm³/mol. The van der Waals surface area contributed by atoms with E-state index in [2.05, 4.69) is 10.3 Å². The largest absolute Gasteiger partial charge is 0.473 e. The highest BCUT2D eigenvalue weighted by Crippen LogP contribution is 2.23. The molecule has 166 valence electrons. The molecule has 2 aromatic rings. The highest BCUT2D eigenvalue weighted by molar-refractivity contribution is 5.95. The number of ether oxygens (including phenoxy) is 1. The van der Waals surface area contributed by atoms with Gasteiger partial charge < -0.3 is 10.1 Å². The Morgan fingerprint density at radius 2 is 1.80 bits per heavy atom. The Hall–Kier alpha value is -2.43. The minimum Gasteiger partial charge on any atom is -0.473 e. The van der Waals surface area contributed by atoms with Crippen LogP contribution in [0.2, 0.25) is 0 Å². The first-order valence-corrected chi connectivity index (χ1v) is 11.2. The first kappa shape index (κ1) is 25.6. The third kappa shape index (κ3) is 8.52. The van der Waals surface area contributed by atoms with Crippen molar-refractivity contribution in [1.29, 1.82) is 0 Å². The van der Waals surface area contributed by atoms with Crippen LogP contribution in [-0.4, -0.2) is 17.4 Å². The lowest BCUT2D eigenvalue weighted by Crippen LogP contribution is -2.30. The molecular formula is C25H37FN2O2. The number of aryl methyl sites for hydroxylation is 1. The molecule has 1 saturated carbocycles. The molecule has 0 aliphatic heterocycles. The molecule has 4 nitrogen and oxygen atoms in total. The summed E-state index contributed by atoms with van der Waals surface area (Å²) in [5.74, 6) is 0.642. The van der Waals surface area contributed by atoms with E-state index in [1.165, 1.54) is 44.2 Å². The Kier molecular flexibility index (Phi) is 12.4. The number of nitrogens with zero attached hydrogens (tertiary/aromatic N) is 1. The summed E-state index contributed by atoms with van der Waals surface area (Å²) >= 11 is 0. The van der Waals surface area contributed by atoms with Crippen molar-refractivity contribution in [2.45, 2.75) is 73.3 Å². The summed E-state index contributed by atoms with van der Waals surface area (Å²) in [7, 11) is 0. The Balaban J connectivity index is 0.00000106. The Labute approximate surface area is 181 Å². The molecule has 30 heavy (non-hydrogen) atoms. The summed E-state index contributed by atoms with van der Waals surface area (Å²) < 4.78 is 18.8. The number of rotatable bonds is 6. The number of nitrogens with one attached hydrogen (secondary N) is 1. The van der Waals surface area contributed by atoms with Crippen LogP contribution in [0.15, 0.2) is 36.4 Å². The predicted octanol–water partition coefficient (Wildman–Crippen LogP) is 6.47. The lowest BCUT2D eigenvalue weighted by molar-refractivity contribution is 0.0942. The lowest BCUT2D eigenvalue weighted by atomic mass is 9.89. The van der Waals surface area contributed by atoms with Crippen molar-refractivity contribution in [3.63, 3.8) is 0 Å². The number of halogens is 1. The van der Waals surface area contributed by atoms with E-state index in [4.69, 9.17) is 4.74 Å². The van der Waals surface area contributed by atoms with Crippen LogP contribution in [0, 0.1) is 18.7 Å². The molecule has 0 atom stereocenters. The van der Waals surface area contributed by atoms with Gasteiger partial charge in [0.1, 0.15) is 12.4 Å². The molecule has 1 fully saturated rings. The zero-order valence-corrected chi connectivity index (χ0v) is 19.1. The molecule has 1 aromatic carbocycles. The first-order chi connectivity index (χ1) is 14.6. The second-order valence-electron chi connectivity index (χ2n) is 6.92. The normalized spacial score (nSPS) is 13.3. The zero-order chi connectivity index (χ0) is 22.4. The second kappa shape index (κ2) is 14.5. The van der Waals surface area contributed by atoms with Crippen LogP contribution in [0.5, 0.6) is 5.88 Å². The van der Waals surface area contributed by atoms with Crippen LogP contribution < -0.4 is 10.1 Å². The van der Waals surface area contributed by atoms with Gasteiger partial charge in [-0.1, -0.05) is 59.1 Å². The average Bonchev–Trinajstić information content (AvgIpc) is 2.79. The number of aromatic nitrogens is 1. The first-order valence-electron chi connectivity index (χ1n) is 11.2. The van der Waals surface area contributed by atoms with E-state index < -0.39 is 0 Å². The summed E-state index contributed by atoms with van der Waals surface area (Å²) in [6.07, 6.45) is 6.23. The van der Waals surface area contributed by atoms with Gasteiger partial charge in [0.2, 0.25) is 5.88 Å². The highest BCUT2D eigenvalue weighted by Gasteiger charge is 2.16. The molecule has 1 aliphatic rings. The molecule has 1 aliphatic carbocycles. The van der Waals surface area contributed by atoms with Gasteiger partial charge in [0.05, 0.1) is 11.3 Å². The van der Waals surface area contributed by atoms with Crippen LogP contribution in [0.4, 0.5) is 4.39 Å². The maximum Gasteiger partial charge on any atom is 0.253 e. The molecule has 5 heteroatoms. The molecule has 0 bridgehead atoms. The Morgan fingerprint density at radius 1 is 1.10 bits per heavy atom. The van der Waals surface area contributed by atoms with Crippen LogP contribution in [0.1, 0.15) is 81.4 Å². The number of pyridine rings is 1. The van der Waals surface area contributed by atoms with E-state index in [-0.39, 0.29) is 18.3 Å². The summed E-state index contributed by atoms with van der Waals surface area (Å²) in [6.45, 7) is 10.8. The summed E-state index contributed by atoms with van der Waals surface area (Å²) in [5, 5.41) is 3.03. The second-order valence-corrected chi connectivity index (χ2v) is 6.92. The van der Waals surface area contributed by atoms with E-state index in [1.54, 1.807) is 31.2 Å². The number of hydrogen-bond donors (Lipinski definition) is 1. The quantitative estimate of drug-likeness (QED) is 0.587. The molecular weight excluding hydrogens is 379 g/mol. The Bertz CT molecular complexity index is 759. The van der Waals surface area contributed by atoms with Crippen molar-refractivity contribution in [1.82, 2.24) is 10.3 Å². The molecule has 1 N–H and O–H groups in total. The van der Waals surface area contributed by atoms with Gasteiger partial charge >= 0.3 is 0 Å². The SMILES string of the molecule is CC.CC.Cc1nc(OCc2cccc(F)c2)ccc1C(=O)NCC1CCCCC1. The smallest absolute Gasteiger partial charge is 0.253 e. The van der Waals surface area contributed by atoms with Gasteiger partial charge in [-0.05, 0) is 49.4 Å². The van der Waals surface area contributed by atoms with Crippen molar-refractivity contribution in [2.24, 2.45) is 5.92 Å². The van der Waals surface area contributed by atoms with E-state index in [0.29, 0.717) is 23.1 Å². The molecule has 0 unspecified atom stereocenters. The molecule has 0 radical (unpaired) electrons. The summed E-state index contributed by atoms with van der Waals surface area (Å²) in [5.41, 5.74) is 1.93. The van der Waals surface area contributed by atoms with Crippen LogP contribution in [0.3, 0.4) is 0 Å². The van der Waals surface area contributed by atoms with Crippen molar-refractivity contribution < 1.29 is 13.9 Å². The fraction of sp³-hybridized carbons (Fsp3) is 0.520. The fourth-order valence-corrected chi connectivity index (χ4v) is 3.37. The standard InChI is InChI=1S/C21H25FN2O2.2C2H6/c1-15-19(21(25)23-13-16-6-3-2-4-7-16)10-11-20(24-15)26-14-17-8-5-9-18(22)12-17;2*1-2/h5,8-12,16H,2-4,6-7,13-14H2,1H3,(H,23,25);2*1-2H3. The van der Waals surface area contributed by atoms with E-state index in [0.717, 1.165) is 12.1 Å². The molecule has 0 saturated heterocycles. The van der Waals surface area contributed by atoms with E-state index >= 15 is 0 Å². The zero-order valence-electron chi connectivity index (χ0n) is 19.1. The average molecular weight is 417 g/mol. The Morgan fingerprint density at radius 3 is 2.43 bits per heavy atom. The van der Waals surface area contributed by atoms with E-state index in [9.17, 15) is 9.18 Å². The van der Waals surface area contributed by atoms with Gasteiger partial charge in [0, 0.05) is 12.6 Å². The number of amides is 1.